The van der Waals surface area contributed by atoms with E-state index >= 15 is 0 Å². The van der Waals surface area contributed by atoms with Gasteiger partial charge in [-0.2, -0.15) is 0 Å². The molecule has 3 aromatic carbocycles. The van der Waals surface area contributed by atoms with Crippen molar-refractivity contribution in [3.05, 3.63) is 88.4 Å². The van der Waals surface area contributed by atoms with Gasteiger partial charge in [-0.05, 0) is 67.9 Å². The number of ether oxygens (including phenoxy) is 1. The Labute approximate surface area is 204 Å². The van der Waals surface area contributed by atoms with Crippen LogP contribution >= 0.6 is 11.6 Å². The van der Waals surface area contributed by atoms with Crippen LogP contribution in [0, 0.1) is 6.92 Å². The van der Waals surface area contributed by atoms with Crippen LogP contribution in [-0.4, -0.2) is 26.9 Å². The van der Waals surface area contributed by atoms with Gasteiger partial charge in [-0.1, -0.05) is 42.6 Å². The molecule has 2 N–H and O–H groups in total. The van der Waals surface area contributed by atoms with Crippen molar-refractivity contribution in [1.29, 1.82) is 0 Å². The van der Waals surface area contributed by atoms with E-state index in [1.807, 2.05) is 13.8 Å². The second-order valence-corrected chi connectivity index (χ2v) is 9.72. The molecule has 0 bridgehead atoms. The number of halogens is 1. The van der Waals surface area contributed by atoms with Crippen molar-refractivity contribution in [3.8, 4) is 0 Å². The van der Waals surface area contributed by atoms with Gasteiger partial charge in [0.05, 0.1) is 33.3 Å². The van der Waals surface area contributed by atoms with Crippen LogP contribution in [0.25, 0.3) is 0 Å². The molecule has 1 amide bonds. The molecule has 7 nitrogen and oxygen atoms in total. The van der Waals surface area contributed by atoms with Crippen LogP contribution in [0.2, 0.25) is 5.02 Å². The Balaban J connectivity index is 1.66. The molecule has 0 fully saturated rings. The van der Waals surface area contributed by atoms with E-state index in [0.717, 1.165) is 18.4 Å². The van der Waals surface area contributed by atoms with Crippen molar-refractivity contribution in [1.82, 2.24) is 0 Å². The van der Waals surface area contributed by atoms with E-state index in [4.69, 9.17) is 16.3 Å². The molecule has 3 aromatic rings. The second kappa shape index (κ2) is 11.2. The van der Waals surface area contributed by atoms with Gasteiger partial charge in [0.2, 0.25) is 0 Å². The van der Waals surface area contributed by atoms with E-state index in [2.05, 4.69) is 10.0 Å². The number of hydrogen-bond donors (Lipinski definition) is 2. The summed E-state index contributed by atoms with van der Waals surface area (Å²) >= 11 is 6.26. The Morgan fingerprint density at radius 3 is 2.21 bits per heavy atom. The monoisotopic (exact) mass is 500 g/mol. The first-order valence-electron chi connectivity index (χ1n) is 10.7. The molecule has 0 aromatic heterocycles. The van der Waals surface area contributed by atoms with Crippen molar-refractivity contribution in [2.75, 3.05) is 16.6 Å². The van der Waals surface area contributed by atoms with Crippen LogP contribution < -0.4 is 10.0 Å². The maximum Gasteiger partial charge on any atom is 0.338 e. The topological polar surface area (TPSA) is 102 Å². The molecular weight excluding hydrogens is 476 g/mol. The number of sulfonamides is 1. The third-order valence-electron chi connectivity index (χ3n) is 4.91. The number of carbonyl (C=O) groups excluding carboxylic acids is 2. The Kier molecular flexibility index (Phi) is 8.31. The zero-order valence-corrected chi connectivity index (χ0v) is 20.4. The first-order valence-corrected chi connectivity index (χ1v) is 12.5. The predicted molar refractivity (Wildman–Crippen MR) is 133 cm³/mol. The summed E-state index contributed by atoms with van der Waals surface area (Å²) in [7, 11) is -3.79. The quantitative estimate of drug-likeness (QED) is 0.291. The smallest absolute Gasteiger partial charge is 0.338 e. The molecule has 0 saturated carbocycles. The third kappa shape index (κ3) is 6.59. The summed E-state index contributed by atoms with van der Waals surface area (Å²) in [6.45, 7) is 4.24. The van der Waals surface area contributed by atoms with Gasteiger partial charge in [-0.15, -0.1) is 0 Å². The number of benzene rings is 3. The molecule has 0 unspecified atom stereocenters. The fourth-order valence-electron chi connectivity index (χ4n) is 2.97. The highest BCUT2D eigenvalue weighted by Gasteiger charge is 2.17. The SMILES string of the molecule is CCCCOC(=O)c1ccc(NC(=O)c2ccc(NS(=O)(=O)c3ccc(C)cc3)cc2Cl)cc1. The number of nitrogens with one attached hydrogen (secondary N) is 2. The molecule has 3 rings (SSSR count). The minimum atomic E-state index is -3.79. The van der Waals surface area contributed by atoms with Crippen LogP contribution in [0.5, 0.6) is 0 Å². The summed E-state index contributed by atoms with van der Waals surface area (Å²) in [6.07, 6.45) is 1.73. The van der Waals surface area contributed by atoms with Gasteiger partial charge in [0.1, 0.15) is 0 Å². The molecule has 0 aliphatic rings. The van der Waals surface area contributed by atoms with Gasteiger partial charge >= 0.3 is 5.97 Å². The molecule has 0 heterocycles. The summed E-state index contributed by atoms with van der Waals surface area (Å²) in [6, 6.07) is 17.0. The second-order valence-electron chi connectivity index (χ2n) is 7.63. The van der Waals surface area contributed by atoms with E-state index in [9.17, 15) is 18.0 Å². The summed E-state index contributed by atoms with van der Waals surface area (Å²) in [5.74, 6) is -0.894. The van der Waals surface area contributed by atoms with Crippen molar-refractivity contribution < 1.29 is 22.7 Å². The Morgan fingerprint density at radius 1 is 0.941 bits per heavy atom. The number of aryl methyl sites for hydroxylation is 1. The van der Waals surface area contributed by atoms with Gasteiger partial charge < -0.3 is 10.1 Å². The zero-order chi connectivity index (χ0) is 24.7. The molecular formula is C25H25ClN2O5S. The fraction of sp³-hybridized carbons (Fsp3) is 0.200. The zero-order valence-electron chi connectivity index (χ0n) is 18.8. The summed E-state index contributed by atoms with van der Waals surface area (Å²) in [5.41, 5.74) is 2.20. The van der Waals surface area contributed by atoms with Crippen molar-refractivity contribution in [2.45, 2.75) is 31.6 Å². The minimum absolute atomic E-state index is 0.0812. The average molecular weight is 501 g/mol. The number of hydrogen-bond acceptors (Lipinski definition) is 5. The van der Waals surface area contributed by atoms with Gasteiger partial charge in [-0.25, -0.2) is 13.2 Å². The van der Waals surface area contributed by atoms with Crippen LogP contribution in [0.15, 0.2) is 71.6 Å². The van der Waals surface area contributed by atoms with Crippen LogP contribution in [0.4, 0.5) is 11.4 Å². The fourth-order valence-corrected chi connectivity index (χ4v) is 4.29. The lowest BCUT2D eigenvalue weighted by atomic mass is 10.1. The summed E-state index contributed by atoms with van der Waals surface area (Å²) in [4.78, 5) is 24.8. The molecule has 0 saturated heterocycles. The standard InChI is InChI=1S/C25H25ClN2O5S/c1-3-4-15-33-25(30)18-7-9-19(10-8-18)27-24(29)22-14-11-20(16-23(22)26)28-34(31,32)21-12-5-17(2)6-13-21/h5-14,16,28H,3-4,15H2,1-2H3,(H,27,29). The van der Waals surface area contributed by atoms with Crippen LogP contribution in [0.1, 0.15) is 46.0 Å². The van der Waals surface area contributed by atoms with Gasteiger partial charge in [-0.3, -0.25) is 9.52 Å². The average Bonchev–Trinajstić information content (AvgIpc) is 2.79. The van der Waals surface area contributed by atoms with Crippen molar-refractivity contribution in [3.63, 3.8) is 0 Å². The molecule has 0 radical (unpaired) electrons. The third-order valence-corrected chi connectivity index (χ3v) is 6.62. The summed E-state index contributed by atoms with van der Waals surface area (Å²) in [5, 5.41) is 2.78. The molecule has 0 spiro atoms. The van der Waals surface area contributed by atoms with E-state index in [0.29, 0.717) is 17.9 Å². The Bertz CT molecular complexity index is 1270. The Morgan fingerprint density at radius 2 is 1.59 bits per heavy atom. The molecule has 0 aliphatic heterocycles. The largest absolute Gasteiger partial charge is 0.462 e. The first-order chi connectivity index (χ1) is 16.2. The molecule has 9 heteroatoms. The maximum absolute atomic E-state index is 12.7. The van der Waals surface area contributed by atoms with E-state index in [1.54, 1.807) is 36.4 Å². The number of amides is 1. The highest BCUT2D eigenvalue weighted by molar-refractivity contribution is 7.92. The highest BCUT2D eigenvalue weighted by Crippen LogP contribution is 2.24. The lowest BCUT2D eigenvalue weighted by molar-refractivity contribution is 0.0499. The number of anilines is 2. The van der Waals surface area contributed by atoms with E-state index in [-0.39, 0.29) is 21.2 Å². The maximum atomic E-state index is 12.7. The number of unbranched alkanes of at least 4 members (excludes halogenated alkanes) is 1. The number of rotatable bonds is 9. The normalized spacial score (nSPS) is 11.0. The first kappa shape index (κ1) is 25.3. The van der Waals surface area contributed by atoms with Crippen LogP contribution in [-0.2, 0) is 14.8 Å². The minimum Gasteiger partial charge on any atom is -0.462 e. The molecule has 178 valence electrons. The lowest BCUT2D eigenvalue weighted by Gasteiger charge is -2.11. The molecule has 0 atom stereocenters. The number of carbonyl (C=O) groups is 2. The Hall–Kier alpha value is -3.36. The van der Waals surface area contributed by atoms with Gasteiger partial charge in [0, 0.05) is 5.69 Å². The summed E-state index contributed by atoms with van der Waals surface area (Å²) < 4.78 is 32.8. The van der Waals surface area contributed by atoms with E-state index < -0.39 is 21.9 Å². The van der Waals surface area contributed by atoms with Gasteiger partial charge in [0.25, 0.3) is 15.9 Å². The van der Waals surface area contributed by atoms with Crippen LogP contribution in [0.3, 0.4) is 0 Å². The molecule has 0 aliphatic carbocycles. The number of esters is 1. The predicted octanol–water partition coefficient (Wildman–Crippen LogP) is 5.66. The van der Waals surface area contributed by atoms with Gasteiger partial charge in [0.15, 0.2) is 0 Å². The highest BCUT2D eigenvalue weighted by atomic mass is 35.5. The lowest BCUT2D eigenvalue weighted by Crippen LogP contribution is -2.15. The molecule has 34 heavy (non-hydrogen) atoms. The van der Waals surface area contributed by atoms with E-state index in [1.165, 1.54) is 30.3 Å². The van der Waals surface area contributed by atoms with Crippen molar-refractivity contribution >= 4 is 44.9 Å². The van der Waals surface area contributed by atoms with Crippen molar-refractivity contribution in [2.24, 2.45) is 0 Å².